The van der Waals surface area contributed by atoms with E-state index in [4.69, 9.17) is 5.73 Å². The number of aryl methyl sites for hydroxylation is 1. The van der Waals surface area contributed by atoms with Gasteiger partial charge in [0.25, 0.3) is 5.91 Å². The number of ketones is 1. The lowest BCUT2D eigenvalue weighted by molar-refractivity contribution is -0.120. The molecule has 1 aromatic heterocycles. The molecule has 144 valence electrons. The largest absolute Gasteiger partial charge is 0.322 e. The van der Waals surface area contributed by atoms with Crippen LogP contribution in [0.3, 0.4) is 0 Å². The van der Waals surface area contributed by atoms with Crippen LogP contribution in [0, 0.1) is 5.92 Å². The first kappa shape index (κ1) is 19.8. The summed E-state index contributed by atoms with van der Waals surface area (Å²) in [5.41, 5.74) is 7.84. The molecule has 2 atom stereocenters. The molecule has 28 heavy (non-hydrogen) atoms. The molecule has 0 spiro atoms. The Morgan fingerprint density at radius 2 is 1.75 bits per heavy atom. The molecule has 0 amide bonds. The summed E-state index contributed by atoms with van der Waals surface area (Å²) < 4.78 is 1.63. The molecule has 3 aromatic rings. The minimum absolute atomic E-state index is 0.0153. The van der Waals surface area contributed by atoms with Crippen molar-refractivity contribution < 1.29 is 9.59 Å². The zero-order chi connectivity index (χ0) is 19.9. The highest BCUT2D eigenvalue weighted by Crippen LogP contribution is 2.18. The number of hydrogen-bond donors (Lipinski definition) is 1. The van der Waals surface area contributed by atoms with Crippen LogP contribution in [0.1, 0.15) is 30.1 Å². The lowest BCUT2D eigenvalue weighted by Crippen LogP contribution is -2.28. The van der Waals surface area contributed by atoms with Crippen LogP contribution in [0.25, 0.3) is 10.9 Å². The van der Waals surface area contributed by atoms with Crippen molar-refractivity contribution in [3.63, 3.8) is 0 Å². The normalized spacial score (nSPS) is 13.6. The molecular weight excluding hydrogens is 348 g/mol. The van der Waals surface area contributed by atoms with Crippen molar-refractivity contribution >= 4 is 22.6 Å². The number of para-hydroxylation sites is 1. The quantitative estimate of drug-likeness (QED) is 0.595. The number of carbonyl (C=O) groups excluding carboxylic acids is 2. The summed E-state index contributed by atoms with van der Waals surface area (Å²) in [4.78, 5) is 24.8. The summed E-state index contributed by atoms with van der Waals surface area (Å²) >= 11 is 0. The number of aromatic nitrogens is 1. The Morgan fingerprint density at radius 1 is 1.04 bits per heavy atom. The molecule has 0 unspecified atom stereocenters. The SMILES string of the molecule is C[C@H](N)C(=O)C[C@H](/C=C/C(=O)n1ccc2ccccc21)CCc1ccccc1. The smallest absolute Gasteiger partial charge is 0.254 e. The van der Waals surface area contributed by atoms with E-state index in [2.05, 4.69) is 12.1 Å². The number of fused-ring (bicyclic) bond motifs is 1. The molecule has 2 N–H and O–H groups in total. The second-order valence-corrected chi connectivity index (χ2v) is 7.19. The van der Waals surface area contributed by atoms with Gasteiger partial charge in [-0.1, -0.05) is 54.6 Å². The summed E-state index contributed by atoms with van der Waals surface area (Å²) in [5.74, 6) is -0.120. The molecular formula is C24H26N2O2. The Labute approximate surface area is 165 Å². The molecule has 0 saturated heterocycles. The fraction of sp³-hybridized carbons (Fsp3) is 0.250. The van der Waals surface area contributed by atoms with Crippen molar-refractivity contribution in [2.75, 3.05) is 0 Å². The summed E-state index contributed by atoms with van der Waals surface area (Å²) in [6, 6.07) is 19.4. The van der Waals surface area contributed by atoms with Crippen molar-refractivity contribution in [1.82, 2.24) is 4.57 Å². The van der Waals surface area contributed by atoms with Gasteiger partial charge < -0.3 is 5.73 Å². The third-order valence-electron chi connectivity index (χ3n) is 4.97. The first-order valence-corrected chi connectivity index (χ1v) is 9.65. The van der Waals surface area contributed by atoms with E-state index in [0.717, 1.165) is 23.7 Å². The zero-order valence-corrected chi connectivity index (χ0v) is 16.1. The van der Waals surface area contributed by atoms with Crippen LogP contribution in [0.4, 0.5) is 0 Å². The van der Waals surface area contributed by atoms with Gasteiger partial charge in [0.2, 0.25) is 0 Å². The fourth-order valence-electron chi connectivity index (χ4n) is 3.28. The molecule has 4 nitrogen and oxygen atoms in total. The van der Waals surface area contributed by atoms with Crippen molar-refractivity contribution in [3.8, 4) is 0 Å². The molecule has 4 heteroatoms. The van der Waals surface area contributed by atoms with Gasteiger partial charge in [-0.15, -0.1) is 0 Å². The van der Waals surface area contributed by atoms with Crippen LogP contribution < -0.4 is 5.73 Å². The minimum Gasteiger partial charge on any atom is -0.322 e. The molecule has 0 saturated carbocycles. The van der Waals surface area contributed by atoms with E-state index in [1.807, 2.05) is 54.6 Å². The van der Waals surface area contributed by atoms with Crippen molar-refractivity contribution in [3.05, 3.63) is 84.6 Å². The van der Waals surface area contributed by atoms with Crippen molar-refractivity contribution in [2.45, 2.75) is 32.2 Å². The minimum atomic E-state index is -0.489. The second kappa shape index (κ2) is 9.29. The van der Waals surface area contributed by atoms with E-state index in [0.29, 0.717) is 6.42 Å². The number of rotatable bonds is 8. The lowest BCUT2D eigenvalue weighted by atomic mass is 9.92. The molecule has 0 fully saturated rings. The zero-order valence-electron chi connectivity index (χ0n) is 16.1. The van der Waals surface area contributed by atoms with Crippen LogP contribution >= 0.6 is 0 Å². The Bertz CT molecular complexity index is 970. The first-order valence-electron chi connectivity index (χ1n) is 9.65. The standard InChI is InChI=1S/C24H26N2O2/c1-18(25)23(27)17-20(12-11-19-7-3-2-4-8-19)13-14-24(28)26-16-15-21-9-5-6-10-22(21)26/h2-10,13-16,18,20H,11-12,17,25H2,1H3/b14-13+/t18-,20-/m0/s1. The molecule has 0 bridgehead atoms. The Morgan fingerprint density at radius 3 is 2.50 bits per heavy atom. The molecule has 0 aliphatic heterocycles. The lowest BCUT2D eigenvalue weighted by Gasteiger charge is -2.14. The van der Waals surface area contributed by atoms with Gasteiger partial charge in [0, 0.05) is 24.1 Å². The van der Waals surface area contributed by atoms with Gasteiger partial charge in [-0.2, -0.15) is 0 Å². The molecule has 1 heterocycles. The highest BCUT2D eigenvalue weighted by atomic mass is 16.2. The molecule has 0 aliphatic rings. The van der Waals surface area contributed by atoms with Gasteiger partial charge >= 0.3 is 0 Å². The van der Waals surface area contributed by atoms with E-state index in [9.17, 15) is 9.59 Å². The summed E-state index contributed by atoms with van der Waals surface area (Å²) in [6.07, 6.45) is 7.21. The summed E-state index contributed by atoms with van der Waals surface area (Å²) in [7, 11) is 0. The van der Waals surface area contributed by atoms with Crippen molar-refractivity contribution in [2.24, 2.45) is 11.7 Å². The number of hydrogen-bond acceptors (Lipinski definition) is 3. The Kier molecular flexibility index (Phi) is 6.56. The first-order chi connectivity index (χ1) is 13.5. The number of benzene rings is 2. The topological polar surface area (TPSA) is 65.1 Å². The number of Topliss-reactive ketones (excluding diaryl/α,β-unsaturated/α-hetero) is 1. The summed E-state index contributed by atoms with van der Waals surface area (Å²) in [6.45, 7) is 1.71. The third kappa shape index (κ3) is 5.05. The van der Waals surface area contributed by atoms with Crippen molar-refractivity contribution in [1.29, 1.82) is 0 Å². The third-order valence-corrected chi connectivity index (χ3v) is 4.97. The predicted molar refractivity (Wildman–Crippen MR) is 113 cm³/mol. The monoisotopic (exact) mass is 374 g/mol. The maximum Gasteiger partial charge on any atom is 0.254 e. The summed E-state index contributed by atoms with van der Waals surface area (Å²) in [5, 5.41) is 1.03. The molecule has 0 radical (unpaired) electrons. The van der Waals surface area contributed by atoms with Gasteiger partial charge in [0.1, 0.15) is 5.78 Å². The Hall–Kier alpha value is -2.98. The van der Waals surface area contributed by atoms with Crippen LogP contribution in [0.5, 0.6) is 0 Å². The van der Waals surface area contributed by atoms with Crippen LogP contribution in [-0.2, 0) is 11.2 Å². The number of allylic oxidation sites excluding steroid dienone is 2. The predicted octanol–water partition coefficient (Wildman–Crippen LogP) is 4.39. The van der Waals surface area contributed by atoms with E-state index in [1.165, 1.54) is 5.56 Å². The van der Waals surface area contributed by atoms with Crippen LogP contribution in [-0.4, -0.2) is 22.3 Å². The maximum atomic E-state index is 12.7. The molecule has 0 aliphatic carbocycles. The second-order valence-electron chi connectivity index (χ2n) is 7.19. The maximum absolute atomic E-state index is 12.7. The average Bonchev–Trinajstić information content (AvgIpc) is 3.14. The van der Waals surface area contributed by atoms with Gasteiger partial charge in [-0.25, -0.2) is 0 Å². The van der Waals surface area contributed by atoms with E-state index >= 15 is 0 Å². The Balaban J connectivity index is 1.73. The van der Waals surface area contributed by atoms with Gasteiger partial charge in [-0.3, -0.25) is 14.2 Å². The van der Waals surface area contributed by atoms with E-state index in [-0.39, 0.29) is 17.6 Å². The van der Waals surface area contributed by atoms with E-state index < -0.39 is 6.04 Å². The fourth-order valence-corrected chi connectivity index (χ4v) is 3.28. The van der Waals surface area contributed by atoms with Gasteiger partial charge in [0.05, 0.1) is 11.6 Å². The van der Waals surface area contributed by atoms with Gasteiger partial charge in [0.15, 0.2) is 0 Å². The highest BCUT2D eigenvalue weighted by Gasteiger charge is 2.15. The molecule has 2 aromatic carbocycles. The highest BCUT2D eigenvalue weighted by molar-refractivity contribution is 5.98. The van der Waals surface area contributed by atoms with Crippen LogP contribution in [0.15, 0.2) is 79.0 Å². The van der Waals surface area contributed by atoms with E-state index in [1.54, 1.807) is 23.8 Å². The van der Waals surface area contributed by atoms with Crippen LogP contribution in [0.2, 0.25) is 0 Å². The number of nitrogens with two attached hydrogens (primary N) is 1. The number of carbonyl (C=O) groups is 2. The average molecular weight is 374 g/mol. The molecule has 3 rings (SSSR count). The van der Waals surface area contributed by atoms with Gasteiger partial charge in [-0.05, 0) is 43.4 Å². The number of nitrogens with zero attached hydrogens (tertiary/aromatic N) is 1.